The molecule has 0 bridgehead atoms. The van der Waals surface area contributed by atoms with Gasteiger partial charge in [-0.3, -0.25) is 0 Å². The Kier molecular flexibility index (Phi) is 7.99. The van der Waals surface area contributed by atoms with Crippen LogP contribution in [-0.2, 0) is 0 Å². The molecule has 11 rings (SSSR count). The van der Waals surface area contributed by atoms with Gasteiger partial charge in [0.2, 0.25) is 0 Å². The van der Waals surface area contributed by atoms with Gasteiger partial charge in [-0.2, -0.15) is 0 Å². The average Bonchev–Trinajstić information content (AvgIpc) is 3.84. The summed E-state index contributed by atoms with van der Waals surface area (Å²) < 4.78 is 4.88. The molecule has 0 aliphatic carbocycles. The van der Waals surface area contributed by atoms with E-state index in [4.69, 9.17) is 21.5 Å². The molecule has 0 aliphatic rings. The molecule has 0 aliphatic heterocycles. The normalized spacial score (nSPS) is 11.4. The van der Waals surface area contributed by atoms with E-state index in [9.17, 15) is 0 Å². The van der Waals surface area contributed by atoms with Gasteiger partial charge in [0.25, 0.3) is 0 Å². The lowest BCUT2D eigenvalue weighted by atomic mass is 9.99. The lowest BCUT2D eigenvalue weighted by molar-refractivity contribution is 1.06. The fourth-order valence-electron chi connectivity index (χ4n) is 8.06. The monoisotopic (exact) mass is 757 g/mol. The SMILES string of the molecule is [C-]#[N+]c1ccc(-c2ccc3c(c2)c2ccccc2n3-c2ccc(-c3ccc4c(c3)sc3ccccc34)cc2-c2nc(-c3ccccc3)nc(-c3ccccc3)n2)cc1. The van der Waals surface area contributed by atoms with Crippen molar-refractivity contribution >= 4 is 59.0 Å². The van der Waals surface area contributed by atoms with E-state index >= 15 is 0 Å². The maximum atomic E-state index is 7.42. The molecule has 0 N–H and O–H groups in total. The summed E-state index contributed by atoms with van der Waals surface area (Å²) in [6, 6.07) is 65.4. The van der Waals surface area contributed by atoms with Crippen LogP contribution >= 0.6 is 11.3 Å². The maximum absolute atomic E-state index is 7.42. The Bertz CT molecular complexity index is 3340. The van der Waals surface area contributed by atoms with Crippen LogP contribution in [0.15, 0.2) is 188 Å². The fraction of sp³-hybridized carbons (Fsp3) is 0. The lowest BCUT2D eigenvalue weighted by Crippen LogP contribution is -2.04. The zero-order valence-electron chi connectivity index (χ0n) is 31.0. The summed E-state index contributed by atoms with van der Waals surface area (Å²) in [4.78, 5) is 19.1. The largest absolute Gasteiger partial charge is 0.309 e. The number of benzene rings is 8. The second-order valence-corrected chi connectivity index (χ2v) is 15.4. The first kappa shape index (κ1) is 33.6. The average molecular weight is 758 g/mol. The highest BCUT2D eigenvalue weighted by Gasteiger charge is 2.21. The summed E-state index contributed by atoms with van der Waals surface area (Å²) in [6.45, 7) is 7.42. The third-order valence-corrected chi connectivity index (χ3v) is 12.0. The Labute approximate surface area is 338 Å². The molecule has 0 saturated heterocycles. The van der Waals surface area contributed by atoms with Crippen molar-refractivity contribution in [3.8, 4) is 62.1 Å². The third-order valence-electron chi connectivity index (χ3n) is 10.9. The molecule has 270 valence electrons. The number of fused-ring (bicyclic) bond motifs is 6. The van der Waals surface area contributed by atoms with E-state index in [1.54, 1.807) is 0 Å². The molecular weight excluding hydrogens is 727 g/mol. The van der Waals surface area contributed by atoms with Crippen molar-refractivity contribution in [2.75, 3.05) is 0 Å². The van der Waals surface area contributed by atoms with Crippen LogP contribution in [0, 0.1) is 6.57 Å². The molecule has 0 unspecified atom stereocenters. The van der Waals surface area contributed by atoms with E-state index in [0.29, 0.717) is 23.2 Å². The van der Waals surface area contributed by atoms with Crippen molar-refractivity contribution in [1.29, 1.82) is 0 Å². The van der Waals surface area contributed by atoms with Crippen LogP contribution in [0.4, 0.5) is 5.69 Å². The van der Waals surface area contributed by atoms with Crippen molar-refractivity contribution in [2.24, 2.45) is 0 Å². The Morgan fingerprint density at radius 2 is 0.948 bits per heavy atom. The molecule has 0 atom stereocenters. The summed E-state index contributed by atoms with van der Waals surface area (Å²) >= 11 is 1.83. The Morgan fingerprint density at radius 1 is 0.397 bits per heavy atom. The smallest absolute Gasteiger partial charge is 0.187 e. The molecular formula is C52H31N5S. The topological polar surface area (TPSA) is 48.0 Å². The maximum Gasteiger partial charge on any atom is 0.187 e. The molecule has 8 aromatic carbocycles. The quantitative estimate of drug-likeness (QED) is 0.159. The van der Waals surface area contributed by atoms with Gasteiger partial charge < -0.3 is 4.57 Å². The Morgan fingerprint density at radius 3 is 1.69 bits per heavy atom. The minimum Gasteiger partial charge on any atom is -0.309 e. The number of hydrogen-bond donors (Lipinski definition) is 0. The van der Waals surface area contributed by atoms with Crippen LogP contribution in [0.2, 0.25) is 0 Å². The molecule has 6 heteroatoms. The summed E-state index contributed by atoms with van der Waals surface area (Å²) in [6.07, 6.45) is 0. The minimum atomic E-state index is 0.593. The van der Waals surface area contributed by atoms with Crippen LogP contribution in [0.25, 0.3) is 109 Å². The third kappa shape index (κ3) is 5.73. The van der Waals surface area contributed by atoms with Crippen LogP contribution in [0.5, 0.6) is 0 Å². The first-order chi connectivity index (χ1) is 28.7. The molecule has 3 aromatic heterocycles. The molecule has 0 fully saturated rings. The summed E-state index contributed by atoms with van der Waals surface area (Å²) in [7, 11) is 0. The van der Waals surface area contributed by atoms with Gasteiger partial charge >= 0.3 is 0 Å². The molecule has 0 amide bonds. The van der Waals surface area contributed by atoms with Gasteiger partial charge in [-0.15, -0.1) is 11.3 Å². The van der Waals surface area contributed by atoms with E-state index in [0.717, 1.165) is 66.4 Å². The predicted octanol–water partition coefficient (Wildman–Crippen LogP) is 14.2. The van der Waals surface area contributed by atoms with Crippen molar-refractivity contribution in [1.82, 2.24) is 19.5 Å². The molecule has 3 heterocycles. The van der Waals surface area contributed by atoms with Gasteiger partial charge in [-0.1, -0.05) is 146 Å². The number of aromatic nitrogens is 4. The summed E-state index contributed by atoms with van der Waals surface area (Å²) in [5.41, 5.74) is 10.9. The molecule has 11 aromatic rings. The van der Waals surface area contributed by atoms with Gasteiger partial charge in [0.15, 0.2) is 23.2 Å². The molecule has 0 saturated carbocycles. The van der Waals surface area contributed by atoms with Crippen molar-refractivity contribution in [2.45, 2.75) is 0 Å². The van der Waals surface area contributed by atoms with E-state index in [2.05, 4.69) is 113 Å². The lowest BCUT2D eigenvalue weighted by Gasteiger charge is -2.16. The Hall–Kier alpha value is -7.72. The van der Waals surface area contributed by atoms with E-state index in [-0.39, 0.29) is 0 Å². The highest BCUT2D eigenvalue weighted by Crippen LogP contribution is 2.41. The first-order valence-electron chi connectivity index (χ1n) is 19.1. The van der Waals surface area contributed by atoms with Gasteiger partial charge in [0.1, 0.15) is 0 Å². The second-order valence-electron chi connectivity index (χ2n) is 14.3. The summed E-state index contributed by atoms with van der Waals surface area (Å²) in [5.74, 6) is 1.82. The zero-order valence-corrected chi connectivity index (χ0v) is 31.9. The second kappa shape index (κ2) is 13.8. The van der Waals surface area contributed by atoms with E-state index in [1.807, 2.05) is 96.3 Å². The van der Waals surface area contributed by atoms with Gasteiger partial charge in [0, 0.05) is 47.6 Å². The first-order valence-corrected chi connectivity index (χ1v) is 19.9. The van der Waals surface area contributed by atoms with Crippen molar-refractivity contribution in [3.05, 3.63) is 199 Å². The number of hydrogen-bond acceptors (Lipinski definition) is 4. The van der Waals surface area contributed by atoms with Crippen LogP contribution in [0.1, 0.15) is 0 Å². The molecule has 5 nitrogen and oxygen atoms in total. The van der Waals surface area contributed by atoms with Crippen LogP contribution in [0.3, 0.4) is 0 Å². The molecule has 58 heavy (non-hydrogen) atoms. The van der Waals surface area contributed by atoms with Crippen molar-refractivity contribution < 1.29 is 0 Å². The number of rotatable bonds is 6. The highest BCUT2D eigenvalue weighted by molar-refractivity contribution is 7.25. The zero-order chi connectivity index (χ0) is 38.6. The van der Waals surface area contributed by atoms with Gasteiger partial charge in [-0.25, -0.2) is 19.8 Å². The summed E-state index contributed by atoms with van der Waals surface area (Å²) in [5, 5.41) is 4.84. The van der Waals surface area contributed by atoms with Crippen molar-refractivity contribution in [3.63, 3.8) is 0 Å². The van der Waals surface area contributed by atoms with Gasteiger partial charge in [0.05, 0.1) is 23.3 Å². The van der Waals surface area contributed by atoms with E-state index < -0.39 is 0 Å². The van der Waals surface area contributed by atoms with Crippen LogP contribution < -0.4 is 0 Å². The molecule has 0 spiro atoms. The number of thiophene rings is 1. The number of para-hydroxylation sites is 1. The minimum absolute atomic E-state index is 0.593. The van der Waals surface area contributed by atoms with Crippen LogP contribution in [-0.4, -0.2) is 19.5 Å². The number of nitrogens with zero attached hydrogens (tertiary/aromatic N) is 5. The fourth-order valence-corrected chi connectivity index (χ4v) is 9.21. The molecule has 0 radical (unpaired) electrons. The van der Waals surface area contributed by atoms with E-state index in [1.165, 1.54) is 20.2 Å². The highest BCUT2D eigenvalue weighted by atomic mass is 32.1. The standard InChI is InChI=1S/C52H31N5S/c1-53-39-25-20-33(21-26-39)36-23-28-46-43(30-36)40-16-8-10-18-45(40)57(46)47-29-24-37(38-22-27-42-41-17-9-11-19-48(41)58-49(42)32-38)31-44(47)52-55-50(34-12-4-2-5-13-34)54-51(56-52)35-14-6-3-7-15-35/h2-32H. The Balaban J connectivity index is 1.17. The van der Waals surface area contributed by atoms with Gasteiger partial charge in [-0.05, 0) is 64.7 Å². The predicted molar refractivity (Wildman–Crippen MR) is 240 cm³/mol.